The molecule has 3 fully saturated rings. The van der Waals surface area contributed by atoms with Crippen molar-refractivity contribution in [3.63, 3.8) is 0 Å². The summed E-state index contributed by atoms with van der Waals surface area (Å²) in [5.74, 6) is -3.00. The number of piperazine rings is 1. The molecule has 0 spiro atoms. The van der Waals surface area contributed by atoms with Gasteiger partial charge in [0.1, 0.15) is 5.75 Å². The Morgan fingerprint density at radius 3 is 2.43 bits per heavy atom. The van der Waals surface area contributed by atoms with E-state index in [2.05, 4.69) is 45.7 Å². The number of aliphatic hydroxyl groups excluding tert-OH is 1. The van der Waals surface area contributed by atoms with Crippen molar-refractivity contribution in [2.24, 2.45) is 28.6 Å². The van der Waals surface area contributed by atoms with E-state index >= 15 is 0 Å². The first-order valence-electron chi connectivity index (χ1n) is 18.9. The molecule has 51 heavy (non-hydrogen) atoms. The topological polar surface area (TPSA) is 70.1 Å². The molecule has 1 N–H and O–H groups in total. The molecule has 1 heterocycles. The molecule has 6 nitrogen and oxygen atoms in total. The van der Waals surface area contributed by atoms with Crippen LogP contribution >= 0.6 is 0 Å². The molecule has 1 aromatic rings. The van der Waals surface area contributed by atoms with Crippen LogP contribution in [0.25, 0.3) is 0 Å². The molecule has 3 aliphatic carbocycles. The number of benzene rings is 1. The summed E-state index contributed by atoms with van der Waals surface area (Å²) < 4.78 is 83.3. The maximum Gasteiger partial charge on any atom is 0.453 e. The highest BCUT2D eigenvalue weighted by Gasteiger charge is 2.58. The number of rotatable bonds is 11. The van der Waals surface area contributed by atoms with Crippen molar-refractivity contribution in [1.82, 2.24) is 9.80 Å². The Morgan fingerprint density at radius 1 is 1.06 bits per heavy atom. The quantitative estimate of drug-likeness (QED) is 0.229. The number of alkyl halides is 5. The minimum atomic E-state index is -5.60. The maximum absolute atomic E-state index is 13.5. The second-order valence-corrected chi connectivity index (χ2v) is 20.1. The van der Waals surface area contributed by atoms with Gasteiger partial charge in [0, 0.05) is 53.4 Å². The molecule has 1 amide bonds. The number of aliphatic hydroxyl groups is 1. The van der Waals surface area contributed by atoms with Crippen molar-refractivity contribution in [2.45, 2.75) is 141 Å². The van der Waals surface area contributed by atoms with Gasteiger partial charge in [0.15, 0.2) is 0 Å². The summed E-state index contributed by atoms with van der Waals surface area (Å²) in [7, 11) is 0.472. The summed E-state index contributed by atoms with van der Waals surface area (Å²) >= 11 is 0. The van der Waals surface area contributed by atoms with Gasteiger partial charge in [-0.05, 0) is 143 Å². The van der Waals surface area contributed by atoms with Gasteiger partial charge in [-0.3, -0.25) is 4.21 Å². The zero-order valence-corrected chi connectivity index (χ0v) is 32.3. The zero-order valence-electron chi connectivity index (χ0n) is 31.5. The van der Waals surface area contributed by atoms with Gasteiger partial charge < -0.3 is 19.6 Å². The lowest BCUT2D eigenvalue weighted by Crippen LogP contribution is -2.52. The smallest absolute Gasteiger partial charge is 0.410 e. The van der Waals surface area contributed by atoms with Crippen LogP contribution in [0.15, 0.2) is 18.2 Å². The fraction of sp³-hybridized carbons (Fsp3) is 0.821. The molecule has 8 atom stereocenters. The Balaban J connectivity index is 1.29. The predicted molar refractivity (Wildman–Crippen MR) is 191 cm³/mol. The van der Waals surface area contributed by atoms with E-state index in [4.69, 9.17) is 4.74 Å². The molecule has 0 radical (unpaired) electrons. The first kappa shape index (κ1) is 40.4. The second kappa shape index (κ2) is 14.8. The summed E-state index contributed by atoms with van der Waals surface area (Å²) in [6.07, 6.45) is -1.24. The largest absolute Gasteiger partial charge is 0.453 e. The van der Waals surface area contributed by atoms with Crippen LogP contribution in [0.3, 0.4) is 0 Å². The number of hydrogen-bond donors (Lipinski definition) is 1. The third kappa shape index (κ3) is 8.63. The SMILES string of the molecule is CC1CN(C(=O)Oc2ccc3c(c2)C[C@@H](CCC(C)(C)CC(C)(C)S(=O)CCCC(F)(F)C(F)(F)F)[C@@H]2[C@@H]3CC[C@]3(C)[C@@H](O)CC[C@@H]23)CCN1C. The molecule has 2 saturated carbocycles. The minimum Gasteiger partial charge on any atom is -0.410 e. The molecule has 4 aliphatic rings. The molecule has 12 heteroatoms. The standard InChI is InChI=1S/C39H59F5N2O4S/c1-25-23-46(19-18-45(25)7)34(48)50-28-9-10-29-27(22-28)21-26(33-30(29)14-17-37(6)31(33)11-12-32(37)47)13-16-35(2,3)24-36(4,5)51(49)20-8-15-38(40,41)39(42,43)44/h9-10,22,25-26,30-33,47H,8,11-21,23-24H2,1-7H3/t25?,26-,30-,31+,32+,33-,37+,51?/m1/s1. The second-order valence-electron chi connectivity index (χ2n) is 17.9. The van der Waals surface area contributed by atoms with Gasteiger partial charge in [0.2, 0.25) is 0 Å². The number of amides is 1. The molecule has 1 aliphatic heterocycles. The fourth-order valence-electron chi connectivity index (χ4n) is 10.2. The summed E-state index contributed by atoms with van der Waals surface area (Å²) in [6, 6.07) is 6.39. The monoisotopic (exact) mass is 746 g/mol. The van der Waals surface area contributed by atoms with Crippen LogP contribution in [-0.4, -0.2) is 86.6 Å². The van der Waals surface area contributed by atoms with Gasteiger partial charge in [-0.2, -0.15) is 22.0 Å². The molecule has 0 aromatic heterocycles. The lowest BCUT2D eigenvalue weighted by molar-refractivity contribution is -0.284. The Bertz CT molecular complexity index is 1440. The lowest BCUT2D eigenvalue weighted by Gasteiger charge is -2.53. The Morgan fingerprint density at radius 2 is 1.76 bits per heavy atom. The number of carbonyl (C=O) groups excluding carboxylic acids is 1. The van der Waals surface area contributed by atoms with Gasteiger partial charge in [0.25, 0.3) is 0 Å². The van der Waals surface area contributed by atoms with E-state index in [1.807, 2.05) is 26.0 Å². The van der Waals surface area contributed by atoms with Crippen LogP contribution < -0.4 is 4.74 Å². The lowest BCUT2D eigenvalue weighted by atomic mass is 9.52. The third-order valence-electron chi connectivity index (χ3n) is 13.2. The van der Waals surface area contributed by atoms with Crippen molar-refractivity contribution in [2.75, 3.05) is 32.4 Å². The molecular weight excluding hydrogens is 687 g/mol. The number of halogens is 5. The Labute approximate surface area is 303 Å². The maximum atomic E-state index is 13.5. The highest BCUT2D eigenvalue weighted by atomic mass is 32.2. The van der Waals surface area contributed by atoms with Gasteiger partial charge >= 0.3 is 18.2 Å². The fourth-order valence-corrected chi connectivity index (χ4v) is 11.7. The van der Waals surface area contributed by atoms with Crippen LogP contribution in [0.1, 0.15) is 116 Å². The summed E-state index contributed by atoms with van der Waals surface area (Å²) in [5.41, 5.74) is 2.13. The van der Waals surface area contributed by atoms with E-state index in [1.54, 1.807) is 4.90 Å². The summed E-state index contributed by atoms with van der Waals surface area (Å²) in [5, 5.41) is 11.1. The molecule has 1 aromatic carbocycles. The molecule has 0 bridgehead atoms. The average Bonchev–Trinajstić information content (AvgIpc) is 3.33. The van der Waals surface area contributed by atoms with E-state index in [1.165, 1.54) is 11.1 Å². The van der Waals surface area contributed by atoms with E-state index in [9.17, 15) is 36.1 Å². The number of hydrogen-bond acceptors (Lipinski definition) is 5. The van der Waals surface area contributed by atoms with E-state index in [0.29, 0.717) is 48.9 Å². The zero-order chi connectivity index (χ0) is 37.7. The number of fused-ring (bicyclic) bond motifs is 5. The first-order chi connectivity index (χ1) is 23.5. The number of nitrogens with zero attached hydrogens (tertiary/aromatic N) is 2. The molecule has 290 valence electrons. The highest BCUT2D eigenvalue weighted by Crippen LogP contribution is 2.63. The Kier molecular flexibility index (Phi) is 11.7. The first-order valence-corrected chi connectivity index (χ1v) is 20.2. The van der Waals surface area contributed by atoms with Crippen LogP contribution in [-0.2, 0) is 17.2 Å². The molecular formula is C39H59F5N2O4S. The third-order valence-corrected chi connectivity index (χ3v) is 15.2. The van der Waals surface area contributed by atoms with Crippen molar-refractivity contribution in [3.8, 4) is 5.75 Å². The van der Waals surface area contributed by atoms with Gasteiger partial charge in [-0.25, -0.2) is 4.79 Å². The van der Waals surface area contributed by atoms with Gasteiger partial charge in [-0.15, -0.1) is 0 Å². The van der Waals surface area contributed by atoms with Crippen LogP contribution in [0.2, 0.25) is 0 Å². The van der Waals surface area contributed by atoms with Crippen molar-refractivity contribution in [1.29, 1.82) is 0 Å². The normalized spacial score (nSPS) is 31.1. The average molecular weight is 747 g/mol. The van der Waals surface area contributed by atoms with E-state index in [0.717, 1.165) is 51.5 Å². The van der Waals surface area contributed by atoms with Crippen molar-refractivity contribution in [3.05, 3.63) is 29.3 Å². The van der Waals surface area contributed by atoms with Gasteiger partial charge in [0.05, 0.1) is 6.10 Å². The van der Waals surface area contributed by atoms with Crippen LogP contribution in [0, 0.1) is 28.6 Å². The molecule has 1 saturated heterocycles. The predicted octanol–water partition coefficient (Wildman–Crippen LogP) is 8.97. The molecule has 5 rings (SSSR count). The summed E-state index contributed by atoms with van der Waals surface area (Å²) in [4.78, 5) is 17.1. The number of carbonyl (C=O) groups is 1. The van der Waals surface area contributed by atoms with E-state index < -0.39 is 40.5 Å². The van der Waals surface area contributed by atoms with Crippen molar-refractivity contribution >= 4 is 16.9 Å². The Hall–Kier alpha value is -1.79. The van der Waals surface area contributed by atoms with E-state index in [-0.39, 0.29) is 34.8 Å². The van der Waals surface area contributed by atoms with Crippen LogP contribution in [0.4, 0.5) is 26.7 Å². The molecule has 2 unspecified atom stereocenters. The minimum absolute atomic E-state index is 0.122. The van der Waals surface area contributed by atoms with Crippen LogP contribution in [0.5, 0.6) is 5.75 Å². The highest BCUT2D eigenvalue weighted by molar-refractivity contribution is 7.86. The van der Waals surface area contributed by atoms with Crippen molar-refractivity contribution < 1.29 is 40.8 Å². The van der Waals surface area contributed by atoms with Gasteiger partial charge in [-0.1, -0.05) is 26.8 Å². The number of ether oxygens (including phenoxy) is 1. The summed E-state index contributed by atoms with van der Waals surface area (Å²) in [6.45, 7) is 14.3. The number of likely N-dealkylation sites (N-methyl/N-ethyl adjacent to an activating group) is 1.